The molecule has 0 unspecified atom stereocenters. The number of rotatable bonds is 7. The predicted octanol–water partition coefficient (Wildman–Crippen LogP) is 6.50. The molecular formula is C40H37ClN6O4. The molecule has 0 radical (unpaired) electrons. The minimum atomic E-state index is -0.393. The van der Waals surface area contributed by atoms with E-state index in [-0.39, 0.29) is 29.2 Å². The number of nitriles is 1. The standard InChI is InChI=1S/C40H37ClN6O4/c1-26-35(40(50)47(31-11-13-33(48)14-12-31)38-9-5-8-30(23-42)43-38)22-37(44(26)2)36-21-29(41)10-15-34(36)39(49)46-24-28-7-4-3-6-27(28)20-32(46)25-45-16-18-51-19-17-45/h3-15,21-22,32,48H,16-20,24-25H2,1-2H3/t32-/m0/s1. The first-order valence-electron chi connectivity index (χ1n) is 16.9. The highest BCUT2D eigenvalue weighted by atomic mass is 35.5. The number of aromatic hydroxyl groups is 1. The van der Waals surface area contributed by atoms with Crippen molar-refractivity contribution in [2.24, 2.45) is 7.05 Å². The molecule has 5 aromatic rings. The summed E-state index contributed by atoms with van der Waals surface area (Å²) >= 11 is 6.61. The lowest BCUT2D eigenvalue weighted by atomic mass is 9.92. The van der Waals surface area contributed by atoms with E-state index < -0.39 is 5.91 Å². The molecule has 2 amide bonds. The molecule has 1 saturated heterocycles. The van der Waals surface area contributed by atoms with E-state index in [1.165, 1.54) is 22.6 Å². The lowest BCUT2D eigenvalue weighted by molar-refractivity contribution is 0.0193. The van der Waals surface area contributed by atoms with Crippen molar-refractivity contribution in [3.8, 4) is 23.1 Å². The fraction of sp³-hybridized carbons (Fsp3) is 0.250. The summed E-state index contributed by atoms with van der Waals surface area (Å²) < 4.78 is 7.48. The number of nitrogens with zero attached hydrogens (tertiary/aromatic N) is 6. The first-order valence-corrected chi connectivity index (χ1v) is 17.2. The van der Waals surface area contributed by atoms with E-state index in [0.717, 1.165) is 31.6 Å². The summed E-state index contributed by atoms with van der Waals surface area (Å²) in [7, 11) is 1.86. The summed E-state index contributed by atoms with van der Waals surface area (Å²) in [6.45, 7) is 6.07. The minimum Gasteiger partial charge on any atom is -0.508 e. The van der Waals surface area contributed by atoms with Gasteiger partial charge in [0.1, 0.15) is 23.3 Å². The average Bonchev–Trinajstić information content (AvgIpc) is 3.45. The van der Waals surface area contributed by atoms with Gasteiger partial charge in [-0.05, 0) is 85.1 Å². The molecule has 3 aromatic carbocycles. The molecule has 11 heteroatoms. The molecular weight excluding hydrogens is 664 g/mol. The van der Waals surface area contributed by atoms with Gasteiger partial charge in [-0.25, -0.2) is 4.98 Å². The number of morpholine rings is 1. The largest absolute Gasteiger partial charge is 0.508 e. The molecule has 4 heterocycles. The SMILES string of the molecule is Cc1c(C(=O)N(c2ccc(O)cc2)c2cccc(C#N)n2)cc(-c2cc(Cl)ccc2C(=O)N2Cc3ccccc3C[C@H]2CN2CCOCC2)n1C. The molecule has 0 saturated carbocycles. The van der Waals surface area contributed by atoms with Crippen molar-refractivity contribution in [1.29, 1.82) is 5.26 Å². The van der Waals surface area contributed by atoms with Gasteiger partial charge in [-0.3, -0.25) is 19.4 Å². The van der Waals surface area contributed by atoms with Gasteiger partial charge in [-0.1, -0.05) is 41.9 Å². The fourth-order valence-electron chi connectivity index (χ4n) is 7.00. The first kappa shape index (κ1) is 34.0. The van der Waals surface area contributed by atoms with Gasteiger partial charge in [-0.2, -0.15) is 5.26 Å². The zero-order chi connectivity index (χ0) is 35.6. The highest BCUT2D eigenvalue weighted by Crippen LogP contribution is 2.36. The first-order chi connectivity index (χ1) is 24.7. The van der Waals surface area contributed by atoms with Crippen LogP contribution in [-0.4, -0.2) is 75.2 Å². The van der Waals surface area contributed by atoms with Gasteiger partial charge in [-0.15, -0.1) is 0 Å². The van der Waals surface area contributed by atoms with Gasteiger partial charge in [0, 0.05) is 66.8 Å². The monoisotopic (exact) mass is 700 g/mol. The third-order valence-electron chi connectivity index (χ3n) is 9.83. The molecule has 1 N–H and O–H groups in total. The van der Waals surface area contributed by atoms with Crippen LogP contribution in [0.25, 0.3) is 11.3 Å². The van der Waals surface area contributed by atoms with Crippen molar-refractivity contribution < 1.29 is 19.4 Å². The normalized spacial score (nSPS) is 16.0. The summed E-state index contributed by atoms with van der Waals surface area (Å²) in [6, 6.07) is 28.5. The van der Waals surface area contributed by atoms with E-state index in [0.29, 0.717) is 58.5 Å². The topological polar surface area (TPSA) is 115 Å². The van der Waals surface area contributed by atoms with Gasteiger partial charge in [0.05, 0.1) is 24.5 Å². The maximum Gasteiger partial charge on any atom is 0.265 e. The van der Waals surface area contributed by atoms with Crippen molar-refractivity contribution >= 4 is 34.9 Å². The Labute approximate surface area is 301 Å². The Morgan fingerprint density at radius 1 is 0.980 bits per heavy atom. The Bertz CT molecular complexity index is 2150. The number of ether oxygens (including phenoxy) is 1. The van der Waals surface area contributed by atoms with Gasteiger partial charge < -0.3 is 19.3 Å². The number of pyridine rings is 1. The van der Waals surface area contributed by atoms with Gasteiger partial charge >= 0.3 is 0 Å². The van der Waals surface area contributed by atoms with Crippen molar-refractivity contribution in [3.05, 3.63) is 130 Å². The molecule has 51 heavy (non-hydrogen) atoms. The van der Waals surface area contributed by atoms with Crippen LogP contribution in [0.3, 0.4) is 0 Å². The summed E-state index contributed by atoms with van der Waals surface area (Å²) in [5, 5.41) is 20.0. The molecule has 0 aliphatic carbocycles. The fourth-order valence-corrected chi connectivity index (χ4v) is 7.17. The number of fused-ring (bicyclic) bond motifs is 1. The van der Waals surface area contributed by atoms with E-state index in [1.807, 2.05) is 35.6 Å². The van der Waals surface area contributed by atoms with Crippen LogP contribution in [0.2, 0.25) is 5.02 Å². The summed E-state index contributed by atoms with van der Waals surface area (Å²) in [5.74, 6) is -0.199. The van der Waals surface area contributed by atoms with E-state index >= 15 is 0 Å². The smallest absolute Gasteiger partial charge is 0.265 e. The number of benzene rings is 3. The Balaban J connectivity index is 1.28. The lowest BCUT2D eigenvalue weighted by Gasteiger charge is -2.40. The minimum absolute atomic E-state index is 0.0446. The van der Waals surface area contributed by atoms with E-state index in [4.69, 9.17) is 16.3 Å². The van der Waals surface area contributed by atoms with Gasteiger partial charge in [0.2, 0.25) is 0 Å². The third kappa shape index (κ3) is 6.84. The van der Waals surface area contributed by atoms with Crippen molar-refractivity contribution in [2.75, 3.05) is 37.7 Å². The molecule has 2 aromatic heterocycles. The molecule has 0 bridgehead atoms. The number of phenols is 1. The molecule has 1 fully saturated rings. The van der Waals surface area contributed by atoms with Crippen LogP contribution >= 0.6 is 11.6 Å². The molecule has 2 aliphatic heterocycles. The average molecular weight is 701 g/mol. The predicted molar refractivity (Wildman–Crippen MR) is 195 cm³/mol. The molecule has 258 valence electrons. The van der Waals surface area contributed by atoms with Crippen LogP contribution < -0.4 is 4.90 Å². The highest BCUT2D eigenvalue weighted by Gasteiger charge is 2.34. The number of hydrogen-bond donors (Lipinski definition) is 1. The van der Waals surface area contributed by atoms with Gasteiger partial charge in [0.15, 0.2) is 0 Å². The maximum atomic E-state index is 14.8. The Kier molecular flexibility index (Phi) is 9.60. The molecule has 10 nitrogen and oxygen atoms in total. The molecule has 1 atom stereocenters. The van der Waals surface area contributed by atoms with Crippen LogP contribution in [0, 0.1) is 18.3 Å². The summed E-state index contributed by atoms with van der Waals surface area (Å²) in [5.41, 5.74) is 5.78. The van der Waals surface area contributed by atoms with Crippen LogP contribution in [0.5, 0.6) is 5.75 Å². The number of aromatic nitrogens is 2. The number of carbonyl (C=O) groups is 2. The van der Waals surface area contributed by atoms with Crippen LogP contribution in [-0.2, 0) is 24.8 Å². The second-order valence-electron chi connectivity index (χ2n) is 12.9. The lowest BCUT2D eigenvalue weighted by Crippen LogP contribution is -2.52. The van der Waals surface area contributed by atoms with Crippen LogP contribution in [0.4, 0.5) is 11.5 Å². The zero-order valence-electron chi connectivity index (χ0n) is 28.4. The van der Waals surface area contributed by atoms with E-state index in [9.17, 15) is 20.0 Å². The molecule has 2 aliphatic rings. The van der Waals surface area contributed by atoms with Crippen LogP contribution in [0.15, 0.2) is 91.0 Å². The van der Waals surface area contributed by atoms with E-state index in [1.54, 1.807) is 54.6 Å². The second-order valence-corrected chi connectivity index (χ2v) is 13.3. The van der Waals surface area contributed by atoms with E-state index in [2.05, 4.69) is 28.1 Å². The second kappa shape index (κ2) is 14.4. The number of halogens is 1. The third-order valence-corrected chi connectivity index (χ3v) is 10.1. The number of hydrogen-bond acceptors (Lipinski definition) is 7. The highest BCUT2D eigenvalue weighted by molar-refractivity contribution is 6.31. The quantitative estimate of drug-likeness (QED) is 0.206. The number of carbonyl (C=O) groups excluding carboxylic acids is 2. The van der Waals surface area contributed by atoms with Gasteiger partial charge in [0.25, 0.3) is 11.8 Å². The number of anilines is 2. The molecule has 7 rings (SSSR count). The van der Waals surface area contributed by atoms with Crippen molar-refractivity contribution in [3.63, 3.8) is 0 Å². The summed E-state index contributed by atoms with van der Waals surface area (Å²) in [4.78, 5) is 39.5. The summed E-state index contributed by atoms with van der Waals surface area (Å²) in [6.07, 6.45) is 0.748. The van der Waals surface area contributed by atoms with Crippen molar-refractivity contribution in [1.82, 2.24) is 19.4 Å². The Morgan fingerprint density at radius 3 is 2.47 bits per heavy atom. The Hall–Kier alpha value is -5.47. The van der Waals surface area contributed by atoms with Crippen molar-refractivity contribution in [2.45, 2.75) is 25.9 Å². The maximum absolute atomic E-state index is 14.8. The molecule has 0 spiro atoms. The number of phenolic OH excluding ortho intramolecular Hbond substituents is 1. The Morgan fingerprint density at radius 2 is 1.73 bits per heavy atom. The number of amides is 2. The zero-order valence-corrected chi connectivity index (χ0v) is 29.2. The van der Waals surface area contributed by atoms with Crippen LogP contribution in [0.1, 0.15) is 43.2 Å².